The summed E-state index contributed by atoms with van der Waals surface area (Å²) in [6.45, 7) is 5.02. The van der Waals surface area contributed by atoms with Crippen LogP contribution in [-0.4, -0.2) is 47.3 Å². The van der Waals surface area contributed by atoms with Gasteiger partial charge in [0.25, 0.3) is 0 Å². The van der Waals surface area contributed by atoms with E-state index in [-0.39, 0.29) is 0 Å². The van der Waals surface area contributed by atoms with Crippen LogP contribution in [-0.2, 0) is 18.2 Å². The van der Waals surface area contributed by atoms with Gasteiger partial charge in [0.15, 0.2) is 0 Å². The maximum Gasteiger partial charge on any atom is 0.109 e. The SMILES string of the molecule is Cn1c(CCCN2CCOCC2)nc2ccc(Br)cc21. The number of halogens is 1. The van der Waals surface area contributed by atoms with Crippen LogP contribution >= 0.6 is 15.9 Å². The van der Waals surface area contributed by atoms with E-state index >= 15 is 0 Å². The third-order valence-electron chi connectivity index (χ3n) is 3.91. The first-order valence-electron chi connectivity index (χ1n) is 7.15. The monoisotopic (exact) mass is 337 g/mol. The van der Waals surface area contributed by atoms with Crippen LogP contribution in [0.3, 0.4) is 0 Å². The third-order valence-corrected chi connectivity index (χ3v) is 4.41. The molecule has 4 nitrogen and oxygen atoms in total. The molecule has 0 bridgehead atoms. The number of fused-ring (bicyclic) bond motifs is 1. The van der Waals surface area contributed by atoms with Gasteiger partial charge in [0, 0.05) is 31.0 Å². The first-order valence-corrected chi connectivity index (χ1v) is 7.94. The second kappa shape index (κ2) is 6.24. The van der Waals surface area contributed by atoms with Crippen LogP contribution in [0.4, 0.5) is 0 Å². The van der Waals surface area contributed by atoms with E-state index in [9.17, 15) is 0 Å². The lowest BCUT2D eigenvalue weighted by Gasteiger charge is -2.26. The normalized spacial score (nSPS) is 16.9. The predicted molar refractivity (Wildman–Crippen MR) is 84.0 cm³/mol. The van der Waals surface area contributed by atoms with Crippen LogP contribution in [0.5, 0.6) is 0 Å². The predicted octanol–water partition coefficient (Wildman–Crippen LogP) is 2.60. The van der Waals surface area contributed by atoms with Gasteiger partial charge < -0.3 is 9.30 Å². The molecule has 1 saturated heterocycles. The molecule has 0 saturated carbocycles. The van der Waals surface area contributed by atoms with Crippen molar-refractivity contribution in [3.8, 4) is 0 Å². The second-order valence-electron chi connectivity index (χ2n) is 5.28. The number of hydrogen-bond donors (Lipinski definition) is 0. The molecule has 3 rings (SSSR count). The van der Waals surface area contributed by atoms with E-state index in [0.717, 1.165) is 55.7 Å². The average Bonchev–Trinajstić information content (AvgIpc) is 2.77. The summed E-state index contributed by atoms with van der Waals surface area (Å²) in [6, 6.07) is 6.26. The van der Waals surface area contributed by atoms with E-state index in [1.165, 1.54) is 11.3 Å². The fourth-order valence-corrected chi connectivity index (χ4v) is 3.07. The lowest BCUT2D eigenvalue weighted by Crippen LogP contribution is -2.37. The van der Waals surface area contributed by atoms with Crippen molar-refractivity contribution >= 4 is 27.0 Å². The molecule has 1 aromatic heterocycles. The summed E-state index contributed by atoms with van der Waals surface area (Å²) in [4.78, 5) is 7.21. The lowest BCUT2D eigenvalue weighted by atomic mass is 10.2. The van der Waals surface area contributed by atoms with E-state index < -0.39 is 0 Å². The van der Waals surface area contributed by atoms with Gasteiger partial charge in [0.1, 0.15) is 5.82 Å². The number of morpholine rings is 1. The van der Waals surface area contributed by atoms with Crippen LogP contribution in [0.15, 0.2) is 22.7 Å². The summed E-state index contributed by atoms with van der Waals surface area (Å²) >= 11 is 3.52. The molecular formula is C15H20BrN3O. The minimum absolute atomic E-state index is 0.875. The zero-order chi connectivity index (χ0) is 13.9. The van der Waals surface area contributed by atoms with Gasteiger partial charge in [0.2, 0.25) is 0 Å². The molecule has 2 aromatic rings. The summed E-state index contributed by atoms with van der Waals surface area (Å²) in [5, 5.41) is 0. The van der Waals surface area contributed by atoms with Crippen molar-refractivity contribution in [2.24, 2.45) is 7.05 Å². The Morgan fingerprint density at radius 2 is 2.10 bits per heavy atom. The third kappa shape index (κ3) is 3.05. The molecule has 2 heterocycles. The van der Waals surface area contributed by atoms with Crippen LogP contribution in [0.25, 0.3) is 11.0 Å². The molecule has 0 radical (unpaired) electrons. The number of aromatic nitrogens is 2. The summed E-state index contributed by atoms with van der Waals surface area (Å²) in [5.41, 5.74) is 2.28. The van der Waals surface area contributed by atoms with Gasteiger partial charge in [-0.2, -0.15) is 0 Å². The Labute approximate surface area is 127 Å². The highest BCUT2D eigenvalue weighted by Crippen LogP contribution is 2.20. The number of nitrogens with zero attached hydrogens (tertiary/aromatic N) is 3. The minimum Gasteiger partial charge on any atom is -0.379 e. The molecule has 1 aliphatic heterocycles. The Kier molecular flexibility index (Phi) is 4.38. The van der Waals surface area contributed by atoms with E-state index in [1.807, 2.05) is 6.07 Å². The fraction of sp³-hybridized carbons (Fsp3) is 0.533. The highest BCUT2D eigenvalue weighted by molar-refractivity contribution is 9.10. The van der Waals surface area contributed by atoms with Crippen molar-refractivity contribution in [2.75, 3.05) is 32.8 Å². The van der Waals surface area contributed by atoms with E-state index in [1.54, 1.807) is 0 Å². The first-order chi connectivity index (χ1) is 9.74. The molecule has 0 aliphatic carbocycles. The number of rotatable bonds is 4. The summed E-state index contributed by atoms with van der Waals surface area (Å²) in [7, 11) is 2.10. The number of aryl methyl sites for hydroxylation is 2. The van der Waals surface area contributed by atoms with Crippen molar-refractivity contribution < 1.29 is 4.74 Å². The first kappa shape index (κ1) is 14.0. The molecule has 108 valence electrons. The minimum atomic E-state index is 0.875. The van der Waals surface area contributed by atoms with Gasteiger partial charge in [-0.05, 0) is 31.2 Å². The van der Waals surface area contributed by atoms with E-state index in [0.29, 0.717) is 0 Å². The van der Waals surface area contributed by atoms with Crippen molar-refractivity contribution in [1.82, 2.24) is 14.5 Å². The highest BCUT2D eigenvalue weighted by Gasteiger charge is 2.11. The molecule has 0 atom stereocenters. The molecule has 1 aromatic carbocycles. The van der Waals surface area contributed by atoms with Crippen LogP contribution < -0.4 is 0 Å². The zero-order valence-electron chi connectivity index (χ0n) is 11.8. The molecule has 0 spiro atoms. The van der Waals surface area contributed by atoms with Gasteiger partial charge in [0.05, 0.1) is 24.2 Å². The molecule has 0 N–H and O–H groups in total. The van der Waals surface area contributed by atoms with Crippen LogP contribution in [0, 0.1) is 0 Å². The van der Waals surface area contributed by atoms with Crippen molar-refractivity contribution in [2.45, 2.75) is 12.8 Å². The van der Waals surface area contributed by atoms with Gasteiger partial charge in [-0.1, -0.05) is 15.9 Å². The highest BCUT2D eigenvalue weighted by atomic mass is 79.9. The molecule has 20 heavy (non-hydrogen) atoms. The molecule has 5 heteroatoms. The smallest absolute Gasteiger partial charge is 0.109 e. The van der Waals surface area contributed by atoms with Crippen molar-refractivity contribution in [1.29, 1.82) is 0 Å². The standard InChI is InChI=1S/C15H20BrN3O/c1-18-14-11-12(16)4-5-13(14)17-15(18)3-2-6-19-7-9-20-10-8-19/h4-5,11H,2-3,6-10H2,1H3. The van der Waals surface area contributed by atoms with Gasteiger partial charge in [-0.3, -0.25) is 4.90 Å². The maximum absolute atomic E-state index is 5.37. The average molecular weight is 338 g/mol. The second-order valence-corrected chi connectivity index (χ2v) is 6.19. The van der Waals surface area contributed by atoms with Crippen LogP contribution in [0.1, 0.15) is 12.2 Å². The molecule has 0 unspecified atom stereocenters. The maximum atomic E-state index is 5.37. The Hall–Kier alpha value is -0.910. The van der Waals surface area contributed by atoms with Gasteiger partial charge in [-0.25, -0.2) is 4.98 Å². The Bertz CT molecular complexity index is 590. The summed E-state index contributed by atoms with van der Waals surface area (Å²) in [6.07, 6.45) is 2.18. The van der Waals surface area contributed by atoms with E-state index in [4.69, 9.17) is 9.72 Å². The van der Waals surface area contributed by atoms with Crippen molar-refractivity contribution in [3.63, 3.8) is 0 Å². The number of benzene rings is 1. The lowest BCUT2D eigenvalue weighted by molar-refractivity contribution is 0.0374. The number of imidazole rings is 1. The Balaban J connectivity index is 1.63. The molecular weight excluding hydrogens is 318 g/mol. The molecule has 0 amide bonds. The molecule has 1 fully saturated rings. The van der Waals surface area contributed by atoms with Crippen LogP contribution in [0.2, 0.25) is 0 Å². The molecule has 1 aliphatic rings. The zero-order valence-corrected chi connectivity index (χ0v) is 13.4. The summed E-state index contributed by atoms with van der Waals surface area (Å²) < 4.78 is 8.68. The number of ether oxygens (including phenoxy) is 1. The quantitative estimate of drug-likeness (QED) is 0.859. The largest absolute Gasteiger partial charge is 0.379 e. The van der Waals surface area contributed by atoms with Gasteiger partial charge in [-0.15, -0.1) is 0 Å². The van der Waals surface area contributed by atoms with E-state index in [2.05, 4.69) is 44.6 Å². The Morgan fingerprint density at radius 1 is 1.30 bits per heavy atom. The Morgan fingerprint density at radius 3 is 2.90 bits per heavy atom. The number of hydrogen-bond acceptors (Lipinski definition) is 3. The van der Waals surface area contributed by atoms with Gasteiger partial charge >= 0.3 is 0 Å². The summed E-state index contributed by atoms with van der Waals surface area (Å²) in [5.74, 6) is 1.17. The van der Waals surface area contributed by atoms with Crippen molar-refractivity contribution in [3.05, 3.63) is 28.5 Å². The fourth-order valence-electron chi connectivity index (χ4n) is 2.72. The topological polar surface area (TPSA) is 30.3 Å².